The summed E-state index contributed by atoms with van der Waals surface area (Å²) < 4.78 is 31.5. The fourth-order valence-electron chi connectivity index (χ4n) is 3.21. The molecule has 0 spiro atoms. The number of H-pyrrole nitrogens is 1. The molecule has 0 bridgehead atoms. The minimum atomic E-state index is -1.12. The van der Waals surface area contributed by atoms with Gasteiger partial charge in [-0.2, -0.15) is 0 Å². The molecule has 3 rings (SSSR count). The molecule has 0 atom stereocenters. The summed E-state index contributed by atoms with van der Waals surface area (Å²) >= 11 is 0. The van der Waals surface area contributed by atoms with Crippen molar-refractivity contribution in [3.8, 4) is 0 Å². The van der Waals surface area contributed by atoms with Crippen molar-refractivity contribution < 1.29 is 23.2 Å². The standard InChI is InChI=1S/C18H23BFNO5/c1-17(2)18(3,4)26-19(25-17)14(20)10-7-6-8-13-11(10)9-12(15(22)21-13)16(23)24-5/h9H,6-8H2,1-5H3,(H,21,22). The van der Waals surface area contributed by atoms with E-state index < -0.39 is 35.6 Å². The topological polar surface area (TPSA) is 77.6 Å². The van der Waals surface area contributed by atoms with Gasteiger partial charge in [-0.25, -0.2) is 9.18 Å². The summed E-state index contributed by atoms with van der Waals surface area (Å²) in [5.41, 5.74) is -1.01. The van der Waals surface area contributed by atoms with Crippen LogP contribution in [0.1, 0.15) is 62.2 Å². The van der Waals surface area contributed by atoms with Gasteiger partial charge in [0.25, 0.3) is 5.56 Å². The number of carbonyl (C=O) groups excluding carboxylic acids is 1. The van der Waals surface area contributed by atoms with E-state index >= 15 is 4.39 Å². The molecule has 26 heavy (non-hydrogen) atoms. The quantitative estimate of drug-likeness (QED) is 0.646. The second kappa shape index (κ2) is 6.35. The van der Waals surface area contributed by atoms with Gasteiger partial charge in [0.1, 0.15) is 11.3 Å². The van der Waals surface area contributed by atoms with Crippen LogP contribution in [0.15, 0.2) is 16.6 Å². The third kappa shape index (κ3) is 3.01. The highest BCUT2D eigenvalue weighted by molar-refractivity contribution is 6.55. The second-order valence-electron chi connectivity index (χ2n) is 7.66. The average Bonchev–Trinajstić information content (AvgIpc) is 2.80. The van der Waals surface area contributed by atoms with Crippen LogP contribution >= 0.6 is 0 Å². The Bertz CT molecular complexity index is 826. The van der Waals surface area contributed by atoms with E-state index in [1.54, 1.807) is 0 Å². The lowest BCUT2D eigenvalue weighted by Gasteiger charge is -2.32. The number of aromatic amines is 1. The number of allylic oxidation sites excluding steroid dienone is 1. The van der Waals surface area contributed by atoms with E-state index in [9.17, 15) is 9.59 Å². The molecule has 2 heterocycles. The number of methoxy groups -OCH3 is 1. The van der Waals surface area contributed by atoms with Crippen LogP contribution in [0.4, 0.5) is 4.39 Å². The Morgan fingerprint density at radius 3 is 2.42 bits per heavy atom. The minimum absolute atomic E-state index is 0.146. The zero-order valence-electron chi connectivity index (χ0n) is 15.7. The van der Waals surface area contributed by atoms with E-state index in [2.05, 4.69) is 9.72 Å². The molecule has 1 fully saturated rings. The van der Waals surface area contributed by atoms with Crippen molar-refractivity contribution >= 4 is 18.7 Å². The SMILES string of the molecule is COC(=O)c1cc2c([nH]c1=O)CCCC2=C(F)B1OC(C)(C)C(C)(C)O1. The molecule has 1 aliphatic heterocycles. The van der Waals surface area contributed by atoms with Gasteiger partial charge in [0.2, 0.25) is 0 Å². The number of halogens is 1. The monoisotopic (exact) mass is 363 g/mol. The maximum atomic E-state index is 15.3. The van der Waals surface area contributed by atoms with Crippen LogP contribution in [0.2, 0.25) is 0 Å². The van der Waals surface area contributed by atoms with Crippen LogP contribution < -0.4 is 5.56 Å². The molecule has 1 saturated heterocycles. The molecule has 6 nitrogen and oxygen atoms in total. The molecule has 1 aromatic rings. The zero-order valence-corrected chi connectivity index (χ0v) is 15.7. The smallest absolute Gasteiger partial charge is 0.465 e. The fraction of sp³-hybridized carbons (Fsp3) is 0.556. The number of aryl methyl sites for hydroxylation is 1. The Hall–Kier alpha value is -1.93. The lowest BCUT2D eigenvalue weighted by molar-refractivity contribution is 0.00578. The molecule has 140 valence electrons. The van der Waals surface area contributed by atoms with Crippen molar-refractivity contribution in [2.24, 2.45) is 0 Å². The number of esters is 1. The van der Waals surface area contributed by atoms with Crippen LogP contribution in [-0.4, -0.2) is 36.4 Å². The number of pyridine rings is 1. The van der Waals surface area contributed by atoms with Gasteiger partial charge >= 0.3 is 13.1 Å². The van der Waals surface area contributed by atoms with Crippen LogP contribution in [-0.2, 0) is 20.5 Å². The number of hydrogen-bond acceptors (Lipinski definition) is 5. The highest BCUT2D eigenvalue weighted by Gasteiger charge is 2.53. The summed E-state index contributed by atoms with van der Waals surface area (Å²) in [5, 5.41) is 0. The van der Waals surface area contributed by atoms with Gasteiger partial charge in [-0.1, -0.05) is 0 Å². The Labute approximate surface area is 151 Å². The Morgan fingerprint density at radius 2 is 1.85 bits per heavy atom. The predicted octanol–water partition coefficient (Wildman–Crippen LogP) is 2.81. The average molecular weight is 363 g/mol. The first kappa shape index (κ1) is 18.9. The summed E-state index contributed by atoms with van der Waals surface area (Å²) in [6, 6.07) is 1.40. The highest BCUT2D eigenvalue weighted by atomic mass is 19.1. The number of carbonyl (C=O) groups is 1. The molecule has 1 aromatic heterocycles. The van der Waals surface area contributed by atoms with E-state index in [0.717, 1.165) is 0 Å². The third-order valence-corrected chi connectivity index (χ3v) is 5.46. The Balaban J connectivity index is 2.07. The van der Waals surface area contributed by atoms with Crippen molar-refractivity contribution in [3.05, 3.63) is 39.0 Å². The molecule has 0 amide bonds. The molecule has 8 heteroatoms. The van der Waals surface area contributed by atoms with Crippen molar-refractivity contribution in [1.29, 1.82) is 0 Å². The van der Waals surface area contributed by atoms with E-state index in [1.807, 2.05) is 27.7 Å². The first-order valence-electron chi connectivity index (χ1n) is 8.66. The number of fused-ring (bicyclic) bond motifs is 1. The van der Waals surface area contributed by atoms with Crippen molar-refractivity contribution in [3.63, 3.8) is 0 Å². The number of aromatic nitrogens is 1. The van der Waals surface area contributed by atoms with E-state index in [-0.39, 0.29) is 5.56 Å². The van der Waals surface area contributed by atoms with Gasteiger partial charge in [0.05, 0.1) is 18.3 Å². The summed E-state index contributed by atoms with van der Waals surface area (Å²) in [5.74, 6) is -0.755. The largest absolute Gasteiger partial charge is 0.525 e. The van der Waals surface area contributed by atoms with Gasteiger partial charge in [-0.05, 0) is 64.2 Å². The lowest BCUT2D eigenvalue weighted by Crippen LogP contribution is -2.41. The first-order chi connectivity index (χ1) is 12.1. The molecule has 0 saturated carbocycles. The summed E-state index contributed by atoms with van der Waals surface area (Å²) in [6.07, 6.45) is 1.75. The van der Waals surface area contributed by atoms with Crippen LogP contribution in [0, 0.1) is 0 Å². The molecule has 0 aromatic carbocycles. The van der Waals surface area contributed by atoms with Gasteiger partial charge < -0.3 is 19.0 Å². The summed E-state index contributed by atoms with van der Waals surface area (Å²) in [7, 11) is 0.0811. The van der Waals surface area contributed by atoms with Gasteiger partial charge in [-0.15, -0.1) is 0 Å². The second-order valence-corrected chi connectivity index (χ2v) is 7.66. The molecule has 0 radical (unpaired) electrons. The van der Waals surface area contributed by atoms with Gasteiger partial charge in [0, 0.05) is 5.69 Å². The van der Waals surface area contributed by atoms with Crippen LogP contribution in [0.5, 0.6) is 0 Å². The fourth-order valence-corrected chi connectivity index (χ4v) is 3.21. The molecule has 2 aliphatic rings. The number of ether oxygens (including phenoxy) is 1. The maximum Gasteiger partial charge on any atom is 0.525 e. The number of rotatable bonds is 2. The molecular formula is C18H23BFNO5. The lowest BCUT2D eigenvalue weighted by atomic mass is 9.78. The van der Waals surface area contributed by atoms with Crippen molar-refractivity contribution in [2.45, 2.75) is 58.2 Å². The van der Waals surface area contributed by atoms with Gasteiger partial charge in [-0.3, -0.25) is 4.79 Å². The van der Waals surface area contributed by atoms with Crippen molar-refractivity contribution in [2.75, 3.05) is 7.11 Å². The van der Waals surface area contributed by atoms with Crippen molar-refractivity contribution in [1.82, 2.24) is 4.98 Å². The summed E-state index contributed by atoms with van der Waals surface area (Å²) in [4.78, 5) is 26.6. The highest BCUT2D eigenvalue weighted by Crippen LogP contribution is 2.42. The third-order valence-electron chi connectivity index (χ3n) is 5.46. The Morgan fingerprint density at radius 1 is 1.23 bits per heavy atom. The van der Waals surface area contributed by atoms with E-state index in [0.29, 0.717) is 36.1 Å². The zero-order chi connectivity index (χ0) is 19.3. The Kier molecular flexibility index (Phi) is 4.61. The number of nitrogens with one attached hydrogen (secondary N) is 1. The molecule has 1 N–H and O–H groups in total. The number of hydrogen-bond donors (Lipinski definition) is 1. The summed E-state index contributed by atoms with van der Waals surface area (Å²) in [6.45, 7) is 7.42. The van der Waals surface area contributed by atoms with Gasteiger partial charge in [0.15, 0.2) is 0 Å². The van der Waals surface area contributed by atoms with E-state index in [4.69, 9.17) is 9.31 Å². The van der Waals surface area contributed by atoms with E-state index in [1.165, 1.54) is 13.2 Å². The first-order valence-corrected chi connectivity index (χ1v) is 8.66. The van der Waals surface area contributed by atoms with Crippen LogP contribution in [0.3, 0.4) is 0 Å². The normalized spacial score (nSPS) is 22.8. The molecular weight excluding hydrogens is 340 g/mol. The molecule has 1 aliphatic carbocycles. The minimum Gasteiger partial charge on any atom is -0.465 e. The maximum absolute atomic E-state index is 15.3. The van der Waals surface area contributed by atoms with Crippen LogP contribution in [0.25, 0.3) is 5.57 Å². The predicted molar refractivity (Wildman–Crippen MR) is 95.5 cm³/mol. The molecule has 0 unspecified atom stereocenters.